The summed E-state index contributed by atoms with van der Waals surface area (Å²) >= 11 is 6.26. The van der Waals surface area contributed by atoms with E-state index in [4.69, 9.17) is 16.3 Å². The van der Waals surface area contributed by atoms with E-state index >= 15 is 0 Å². The summed E-state index contributed by atoms with van der Waals surface area (Å²) in [6.07, 6.45) is -1.17. The topological polar surface area (TPSA) is 70.1 Å². The van der Waals surface area contributed by atoms with Gasteiger partial charge in [0.2, 0.25) is 0 Å². The summed E-state index contributed by atoms with van der Waals surface area (Å²) in [6.45, 7) is 0.353. The van der Waals surface area contributed by atoms with Crippen LogP contribution in [0.4, 0.5) is 13.2 Å². The van der Waals surface area contributed by atoms with Crippen molar-refractivity contribution >= 4 is 23.4 Å². The van der Waals surface area contributed by atoms with Crippen molar-refractivity contribution in [2.75, 3.05) is 27.2 Å². The van der Waals surface area contributed by atoms with Gasteiger partial charge < -0.3 is 19.6 Å². The quantitative estimate of drug-likeness (QED) is 0.484. The maximum absolute atomic E-state index is 13.9. The summed E-state index contributed by atoms with van der Waals surface area (Å²) in [5, 5.41) is 10.9. The van der Waals surface area contributed by atoms with Crippen molar-refractivity contribution in [2.45, 2.75) is 50.0 Å². The summed E-state index contributed by atoms with van der Waals surface area (Å²) in [6, 6.07) is 11.6. The molecule has 1 heterocycles. The molecule has 1 aliphatic heterocycles. The molecule has 2 aromatic rings. The van der Waals surface area contributed by atoms with Crippen LogP contribution in [0, 0.1) is 11.8 Å². The predicted molar refractivity (Wildman–Crippen MR) is 137 cm³/mol. The van der Waals surface area contributed by atoms with Gasteiger partial charge in [-0.2, -0.15) is 13.2 Å². The van der Waals surface area contributed by atoms with Crippen molar-refractivity contribution in [1.29, 1.82) is 0 Å². The average Bonchev–Trinajstić information content (AvgIpc) is 3.63. The van der Waals surface area contributed by atoms with E-state index in [1.54, 1.807) is 32.3 Å². The number of alkyl halides is 3. The van der Waals surface area contributed by atoms with Crippen LogP contribution in [0.1, 0.15) is 48.0 Å². The first-order valence-electron chi connectivity index (χ1n) is 12.7. The van der Waals surface area contributed by atoms with Crippen molar-refractivity contribution < 1.29 is 32.6 Å². The molecule has 10 heteroatoms. The Labute approximate surface area is 225 Å². The first-order valence-corrected chi connectivity index (χ1v) is 13.1. The predicted octanol–water partition coefficient (Wildman–Crippen LogP) is 5.28. The second-order valence-corrected chi connectivity index (χ2v) is 10.8. The van der Waals surface area contributed by atoms with Gasteiger partial charge >= 0.3 is 6.18 Å². The molecular formula is C28H32ClF3N2O4. The molecule has 2 fully saturated rings. The molecule has 0 aromatic heterocycles. The number of halogens is 4. The molecule has 1 unspecified atom stereocenters. The smallest absolute Gasteiger partial charge is 0.430 e. The number of piperidine rings is 1. The largest absolute Gasteiger partial charge is 0.490 e. The number of ether oxygens (including phenoxy) is 1. The van der Waals surface area contributed by atoms with Crippen molar-refractivity contribution in [1.82, 2.24) is 9.80 Å². The van der Waals surface area contributed by atoms with Gasteiger partial charge in [-0.1, -0.05) is 41.9 Å². The van der Waals surface area contributed by atoms with Crippen molar-refractivity contribution in [3.8, 4) is 5.75 Å². The second-order valence-electron chi connectivity index (χ2n) is 10.4. The first kappa shape index (κ1) is 28.2. The van der Waals surface area contributed by atoms with E-state index in [2.05, 4.69) is 0 Å². The standard InChI is InChI=1S/C28H32ClF3N2O4/c1-33(2)25(35)22-11-10-21(17-23(22)29)38-24-16-19(24)9-8-18-12-14-34(15-13-18)26(36)27(37,28(30,31)32)20-6-4-3-5-7-20/h3-7,10-11,17-19,24,37H,8-9,12-16H2,1-2H3/t19-,24-,27?/m0/s1. The van der Waals surface area contributed by atoms with Crippen LogP contribution in [-0.4, -0.2) is 66.2 Å². The van der Waals surface area contributed by atoms with Gasteiger partial charge in [0.25, 0.3) is 17.4 Å². The molecule has 1 saturated heterocycles. The highest BCUT2D eigenvalue weighted by molar-refractivity contribution is 6.34. The molecule has 1 aliphatic carbocycles. The number of nitrogens with zero attached hydrogens (tertiary/aromatic N) is 2. The van der Waals surface area contributed by atoms with Gasteiger partial charge in [0, 0.05) is 32.7 Å². The van der Waals surface area contributed by atoms with Crippen molar-refractivity contribution in [2.24, 2.45) is 11.8 Å². The molecule has 6 nitrogen and oxygen atoms in total. The zero-order valence-electron chi connectivity index (χ0n) is 21.4. The average molecular weight is 553 g/mol. The highest BCUT2D eigenvalue weighted by Crippen LogP contribution is 2.43. The maximum Gasteiger partial charge on any atom is 0.430 e. The highest BCUT2D eigenvalue weighted by atomic mass is 35.5. The molecular weight excluding hydrogens is 521 g/mol. The van der Waals surface area contributed by atoms with Gasteiger partial charge in [-0.3, -0.25) is 9.59 Å². The number of likely N-dealkylation sites (tertiary alicyclic amines) is 1. The fourth-order valence-electron chi connectivity index (χ4n) is 5.02. The Balaban J connectivity index is 1.25. The molecule has 0 bridgehead atoms. The van der Waals surface area contributed by atoms with Crippen LogP contribution in [0.5, 0.6) is 5.75 Å². The molecule has 2 aromatic carbocycles. The van der Waals surface area contributed by atoms with Gasteiger partial charge in [-0.25, -0.2) is 0 Å². The number of aliphatic hydroxyl groups is 1. The number of carbonyl (C=O) groups is 2. The number of carbonyl (C=O) groups excluding carboxylic acids is 2. The lowest BCUT2D eigenvalue weighted by Crippen LogP contribution is -2.57. The minimum absolute atomic E-state index is 0.0656. The Bertz CT molecular complexity index is 1150. The third-order valence-corrected chi connectivity index (χ3v) is 7.79. The maximum atomic E-state index is 13.9. The van der Waals surface area contributed by atoms with E-state index in [-0.39, 0.29) is 25.1 Å². The molecule has 1 N–H and O–H groups in total. The fourth-order valence-corrected chi connectivity index (χ4v) is 5.27. The third kappa shape index (κ3) is 5.94. The number of amides is 2. The summed E-state index contributed by atoms with van der Waals surface area (Å²) in [5.41, 5.74) is -3.61. The lowest BCUT2D eigenvalue weighted by molar-refractivity contribution is -0.262. The second kappa shape index (κ2) is 11.1. The zero-order valence-corrected chi connectivity index (χ0v) is 22.1. The van der Waals surface area contributed by atoms with Crippen molar-refractivity contribution in [3.05, 3.63) is 64.7 Å². The van der Waals surface area contributed by atoms with Crippen molar-refractivity contribution in [3.63, 3.8) is 0 Å². The highest BCUT2D eigenvalue weighted by Gasteiger charge is 2.62. The van der Waals surface area contributed by atoms with Crippen LogP contribution < -0.4 is 4.74 Å². The summed E-state index contributed by atoms with van der Waals surface area (Å²) in [5.74, 6) is -0.212. The van der Waals surface area contributed by atoms with Crippen LogP contribution in [0.25, 0.3) is 0 Å². The van der Waals surface area contributed by atoms with E-state index in [0.717, 1.165) is 36.3 Å². The SMILES string of the molecule is CN(C)C(=O)c1ccc(O[C@H]2C[C@@H]2CCC2CCN(C(=O)C(O)(c3ccccc3)C(F)(F)F)CC2)cc1Cl. The minimum atomic E-state index is -5.13. The van der Waals surface area contributed by atoms with E-state index < -0.39 is 23.2 Å². The molecule has 2 aliphatic rings. The Hall–Kier alpha value is -2.78. The minimum Gasteiger partial charge on any atom is -0.490 e. The fraction of sp³-hybridized carbons (Fsp3) is 0.500. The van der Waals surface area contributed by atoms with Gasteiger partial charge in [0.15, 0.2) is 0 Å². The Morgan fingerprint density at radius 1 is 1.08 bits per heavy atom. The molecule has 38 heavy (non-hydrogen) atoms. The number of hydrogen-bond donors (Lipinski definition) is 1. The van der Waals surface area contributed by atoms with E-state index in [9.17, 15) is 27.9 Å². The molecule has 4 rings (SSSR count). The third-order valence-electron chi connectivity index (χ3n) is 7.48. The number of hydrogen-bond acceptors (Lipinski definition) is 4. The Morgan fingerprint density at radius 3 is 2.32 bits per heavy atom. The van der Waals surface area contributed by atoms with Crippen LogP contribution in [-0.2, 0) is 10.4 Å². The lowest BCUT2D eigenvalue weighted by Gasteiger charge is -2.38. The number of benzene rings is 2. The molecule has 0 radical (unpaired) electrons. The summed E-state index contributed by atoms with van der Waals surface area (Å²) in [4.78, 5) is 27.6. The van der Waals surface area contributed by atoms with Crippen LogP contribution >= 0.6 is 11.6 Å². The molecule has 206 valence electrons. The monoisotopic (exact) mass is 552 g/mol. The molecule has 0 spiro atoms. The molecule has 3 atom stereocenters. The van der Waals surface area contributed by atoms with Gasteiger partial charge in [-0.05, 0) is 62.1 Å². The molecule has 1 saturated carbocycles. The van der Waals surface area contributed by atoms with E-state index in [0.29, 0.717) is 41.0 Å². The Kier molecular flexibility index (Phi) is 8.28. The van der Waals surface area contributed by atoms with Gasteiger partial charge in [-0.15, -0.1) is 0 Å². The summed E-state index contributed by atoms with van der Waals surface area (Å²) in [7, 11) is 3.32. The van der Waals surface area contributed by atoms with Crippen LogP contribution in [0.15, 0.2) is 48.5 Å². The van der Waals surface area contributed by atoms with E-state index in [1.165, 1.54) is 23.1 Å². The van der Waals surface area contributed by atoms with Crippen LogP contribution in [0.2, 0.25) is 5.02 Å². The van der Waals surface area contributed by atoms with Gasteiger partial charge in [0.1, 0.15) is 11.9 Å². The number of rotatable bonds is 8. The lowest BCUT2D eigenvalue weighted by atomic mass is 9.87. The van der Waals surface area contributed by atoms with Gasteiger partial charge in [0.05, 0.1) is 10.6 Å². The normalized spacial score (nSPS) is 21.5. The zero-order chi connectivity index (χ0) is 27.7. The Morgan fingerprint density at radius 2 is 1.74 bits per heavy atom. The van der Waals surface area contributed by atoms with E-state index in [1.807, 2.05) is 0 Å². The first-order chi connectivity index (χ1) is 17.9. The molecule has 2 amide bonds. The van der Waals surface area contributed by atoms with Crippen LogP contribution in [0.3, 0.4) is 0 Å². The summed E-state index contributed by atoms with van der Waals surface area (Å²) < 4.78 is 47.6.